The van der Waals surface area contributed by atoms with E-state index in [9.17, 15) is 9.59 Å². The number of amides is 1. The second-order valence-corrected chi connectivity index (χ2v) is 6.44. The number of hydrogen-bond acceptors (Lipinski definition) is 3. The monoisotopic (exact) mass is 365 g/mol. The van der Waals surface area contributed by atoms with Crippen LogP contribution in [-0.2, 0) is 11.3 Å². The summed E-state index contributed by atoms with van der Waals surface area (Å²) in [5.41, 5.74) is 3.10. The van der Waals surface area contributed by atoms with Crippen molar-refractivity contribution >= 4 is 5.91 Å². The number of aromatic amines is 1. The summed E-state index contributed by atoms with van der Waals surface area (Å²) in [5, 5.41) is 5.97. The Morgan fingerprint density at radius 2 is 1.70 bits per heavy atom. The van der Waals surface area contributed by atoms with Crippen molar-refractivity contribution in [2.75, 3.05) is 7.11 Å². The third-order valence-electron chi connectivity index (χ3n) is 4.62. The highest BCUT2D eigenvalue weighted by Crippen LogP contribution is 2.24. The number of nitrogens with zero attached hydrogens (tertiary/aromatic N) is 1. The van der Waals surface area contributed by atoms with Crippen LogP contribution in [0.15, 0.2) is 59.4 Å². The summed E-state index contributed by atoms with van der Waals surface area (Å²) < 4.78 is 6.54. The van der Waals surface area contributed by atoms with Gasteiger partial charge >= 0.3 is 0 Å². The number of hydrogen-bond donors (Lipinski definition) is 2. The molecule has 1 aromatic heterocycles. The summed E-state index contributed by atoms with van der Waals surface area (Å²) in [7, 11) is 1.61. The average molecular weight is 365 g/mol. The normalized spacial score (nSPS) is 11.8. The Labute approximate surface area is 157 Å². The number of benzene rings is 2. The Kier molecular flexibility index (Phi) is 5.45. The molecule has 3 aromatic rings. The van der Waals surface area contributed by atoms with Crippen LogP contribution in [0.2, 0.25) is 0 Å². The van der Waals surface area contributed by atoms with Gasteiger partial charge < -0.3 is 10.1 Å². The van der Waals surface area contributed by atoms with Gasteiger partial charge in [0.15, 0.2) is 0 Å². The van der Waals surface area contributed by atoms with Gasteiger partial charge in [-0.05, 0) is 37.1 Å². The van der Waals surface area contributed by atoms with E-state index in [-0.39, 0.29) is 24.1 Å². The lowest BCUT2D eigenvalue weighted by molar-refractivity contribution is -0.122. The molecule has 140 valence electrons. The van der Waals surface area contributed by atoms with Gasteiger partial charge in [0.25, 0.3) is 5.56 Å². The first-order valence-corrected chi connectivity index (χ1v) is 8.74. The van der Waals surface area contributed by atoms with Gasteiger partial charge in [0.05, 0.1) is 13.2 Å². The van der Waals surface area contributed by atoms with Gasteiger partial charge in [-0.15, -0.1) is 0 Å². The SMILES string of the molecule is COc1ccc([C@H](NC(=O)Cn2[nH]c(C)c(C)c2=O)c2ccccc2)cc1. The summed E-state index contributed by atoms with van der Waals surface area (Å²) in [5.74, 6) is 0.504. The molecule has 0 saturated carbocycles. The molecule has 0 unspecified atom stereocenters. The van der Waals surface area contributed by atoms with Crippen LogP contribution in [0, 0.1) is 13.8 Å². The Morgan fingerprint density at radius 3 is 2.26 bits per heavy atom. The molecule has 0 spiro atoms. The van der Waals surface area contributed by atoms with E-state index < -0.39 is 0 Å². The van der Waals surface area contributed by atoms with Crippen LogP contribution in [0.3, 0.4) is 0 Å². The van der Waals surface area contributed by atoms with Gasteiger partial charge in [0.2, 0.25) is 5.91 Å². The fraction of sp³-hybridized carbons (Fsp3) is 0.238. The highest BCUT2D eigenvalue weighted by Gasteiger charge is 2.18. The van der Waals surface area contributed by atoms with E-state index in [0.29, 0.717) is 5.56 Å². The molecule has 2 N–H and O–H groups in total. The van der Waals surface area contributed by atoms with E-state index in [4.69, 9.17) is 4.74 Å². The molecule has 0 bridgehead atoms. The Bertz CT molecular complexity index is 972. The number of rotatable bonds is 6. The Hall–Kier alpha value is -3.28. The predicted octanol–water partition coefficient (Wildman–Crippen LogP) is 2.71. The van der Waals surface area contributed by atoms with Gasteiger partial charge in [0, 0.05) is 11.3 Å². The minimum atomic E-state index is -0.322. The van der Waals surface area contributed by atoms with Crippen LogP contribution in [0.4, 0.5) is 0 Å². The molecule has 27 heavy (non-hydrogen) atoms. The molecule has 0 aliphatic rings. The zero-order valence-corrected chi connectivity index (χ0v) is 15.7. The summed E-state index contributed by atoms with van der Waals surface area (Å²) in [6, 6.07) is 17.0. The van der Waals surface area contributed by atoms with Gasteiger partial charge in [-0.1, -0.05) is 42.5 Å². The molecular formula is C21H23N3O3. The molecule has 0 saturated heterocycles. The number of H-pyrrole nitrogens is 1. The molecule has 2 aromatic carbocycles. The van der Waals surface area contributed by atoms with Crippen molar-refractivity contribution in [2.45, 2.75) is 26.4 Å². The van der Waals surface area contributed by atoms with Gasteiger partial charge in [-0.3, -0.25) is 14.7 Å². The molecule has 1 heterocycles. The highest BCUT2D eigenvalue weighted by atomic mass is 16.5. The molecule has 1 atom stereocenters. The maximum atomic E-state index is 12.6. The first-order chi connectivity index (χ1) is 13.0. The smallest absolute Gasteiger partial charge is 0.270 e. The topological polar surface area (TPSA) is 76.1 Å². The van der Waals surface area contributed by atoms with E-state index in [1.165, 1.54) is 4.68 Å². The molecule has 0 fully saturated rings. The molecule has 0 aliphatic heterocycles. The van der Waals surface area contributed by atoms with Crippen LogP contribution in [0.1, 0.15) is 28.4 Å². The van der Waals surface area contributed by atoms with Gasteiger partial charge in [-0.25, -0.2) is 4.68 Å². The quantitative estimate of drug-likeness (QED) is 0.705. The molecular weight excluding hydrogens is 342 g/mol. The lowest BCUT2D eigenvalue weighted by Gasteiger charge is -2.20. The predicted molar refractivity (Wildman–Crippen MR) is 104 cm³/mol. The number of methoxy groups -OCH3 is 1. The maximum Gasteiger partial charge on any atom is 0.270 e. The van der Waals surface area contributed by atoms with Crippen LogP contribution in [0.5, 0.6) is 5.75 Å². The Morgan fingerprint density at radius 1 is 1.07 bits per heavy atom. The molecule has 6 heteroatoms. The molecule has 1 amide bonds. The fourth-order valence-corrected chi connectivity index (χ4v) is 2.96. The van der Waals surface area contributed by atoms with Gasteiger partial charge in [-0.2, -0.15) is 0 Å². The zero-order valence-electron chi connectivity index (χ0n) is 15.7. The molecule has 3 rings (SSSR count). The lowest BCUT2D eigenvalue weighted by Crippen LogP contribution is -2.35. The summed E-state index contributed by atoms with van der Waals surface area (Å²) >= 11 is 0. The third-order valence-corrected chi connectivity index (χ3v) is 4.62. The number of aryl methyl sites for hydroxylation is 1. The minimum Gasteiger partial charge on any atom is -0.497 e. The molecule has 0 aliphatic carbocycles. The first-order valence-electron chi connectivity index (χ1n) is 8.74. The summed E-state index contributed by atoms with van der Waals surface area (Å²) in [6.07, 6.45) is 0. The van der Waals surface area contributed by atoms with Crippen molar-refractivity contribution in [1.82, 2.24) is 15.1 Å². The fourth-order valence-electron chi connectivity index (χ4n) is 2.96. The van der Waals surface area contributed by atoms with Crippen LogP contribution in [0.25, 0.3) is 0 Å². The lowest BCUT2D eigenvalue weighted by atomic mass is 9.98. The van der Waals surface area contributed by atoms with Crippen molar-refractivity contribution in [2.24, 2.45) is 0 Å². The standard InChI is InChI=1S/C21H23N3O3/c1-14-15(2)23-24(21(14)26)13-19(25)22-20(16-7-5-4-6-8-16)17-9-11-18(27-3)12-10-17/h4-12,20,23H,13H2,1-3H3,(H,22,25)/t20-/m1/s1. The maximum absolute atomic E-state index is 12.6. The summed E-state index contributed by atoms with van der Waals surface area (Å²) in [4.78, 5) is 24.8. The van der Waals surface area contributed by atoms with E-state index in [1.807, 2.05) is 61.5 Å². The second-order valence-electron chi connectivity index (χ2n) is 6.44. The highest BCUT2D eigenvalue weighted by molar-refractivity contribution is 5.76. The number of carbonyl (C=O) groups excluding carboxylic acids is 1. The van der Waals surface area contributed by atoms with Crippen LogP contribution < -0.4 is 15.6 Å². The zero-order chi connectivity index (χ0) is 19.4. The van der Waals surface area contributed by atoms with E-state index in [2.05, 4.69) is 10.4 Å². The van der Waals surface area contributed by atoms with Crippen LogP contribution in [-0.4, -0.2) is 22.8 Å². The van der Waals surface area contributed by atoms with Crippen molar-refractivity contribution in [1.29, 1.82) is 0 Å². The van der Waals surface area contributed by atoms with Crippen molar-refractivity contribution in [3.8, 4) is 5.75 Å². The molecule has 0 radical (unpaired) electrons. The minimum absolute atomic E-state index is 0.0625. The van der Waals surface area contributed by atoms with Crippen molar-refractivity contribution in [3.63, 3.8) is 0 Å². The molecule has 6 nitrogen and oxygen atoms in total. The number of nitrogens with one attached hydrogen (secondary N) is 2. The Balaban J connectivity index is 1.85. The number of aromatic nitrogens is 2. The number of ether oxygens (including phenoxy) is 1. The third kappa shape index (κ3) is 4.11. The first kappa shape index (κ1) is 18.5. The van der Waals surface area contributed by atoms with E-state index in [1.54, 1.807) is 14.0 Å². The van der Waals surface area contributed by atoms with Crippen LogP contribution >= 0.6 is 0 Å². The second kappa shape index (κ2) is 7.95. The largest absolute Gasteiger partial charge is 0.497 e. The number of carbonyl (C=O) groups is 1. The van der Waals surface area contributed by atoms with E-state index >= 15 is 0 Å². The van der Waals surface area contributed by atoms with Crippen molar-refractivity contribution in [3.05, 3.63) is 87.3 Å². The van der Waals surface area contributed by atoms with Gasteiger partial charge in [0.1, 0.15) is 12.3 Å². The van der Waals surface area contributed by atoms with E-state index in [0.717, 1.165) is 22.6 Å². The summed E-state index contributed by atoms with van der Waals surface area (Å²) in [6.45, 7) is 3.50. The van der Waals surface area contributed by atoms with Crippen molar-refractivity contribution < 1.29 is 9.53 Å². The average Bonchev–Trinajstić information content (AvgIpc) is 2.93.